The van der Waals surface area contributed by atoms with Crippen LogP contribution in [0.2, 0.25) is 0 Å². The van der Waals surface area contributed by atoms with E-state index in [-0.39, 0.29) is 18.0 Å². The van der Waals surface area contributed by atoms with Crippen LogP contribution >= 0.6 is 0 Å². The molecule has 4 rings (SSSR count). The van der Waals surface area contributed by atoms with Gasteiger partial charge in [-0.15, -0.1) is 0 Å². The van der Waals surface area contributed by atoms with E-state index in [2.05, 4.69) is 10.2 Å². The van der Waals surface area contributed by atoms with Gasteiger partial charge >= 0.3 is 0 Å². The van der Waals surface area contributed by atoms with Gasteiger partial charge in [-0.05, 0) is 18.1 Å². The van der Waals surface area contributed by atoms with Crippen molar-refractivity contribution in [1.82, 2.24) is 19.8 Å². The fourth-order valence-corrected chi connectivity index (χ4v) is 4.03. The van der Waals surface area contributed by atoms with E-state index >= 15 is 0 Å². The predicted molar refractivity (Wildman–Crippen MR) is 128 cm³/mol. The normalized spacial score (nSPS) is 14.2. The summed E-state index contributed by atoms with van der Waals surface area (Å²) in [5, 5.41) is 3.30. The molecule has 1 N–H and O–H groups in total. The molecule has 1 aliphatic rings. The van der Waals surface area contributed by atoms with E-state index in [0.29, 0.717) is 54.5 Å². The number of nitrogens with zero attached hydrogens (tertiary/aromatic N) is 3. The van der Waals surface area contributed by atoms with Gasteiger partial charge in [0.1, 0.15) is 12.4 Å². The summed E-state index contributed by atoms with van der Waals surface area (Å²) in [6.45, 7) is 3.56. The first-order chi connectivity index (χ1) is 16.6. The van der Waals surface area contributed by atoms with Crippen LogP contribution in [0.3, 0.4) is 0 Å². The molecule has 1 aliphatic heterocycles. The minimum absolute atomic E-state index is 0.107. The van der Waals surface area contributed by atoms with E-state index in [1.807, 2.05) is 30.3 Å². The van der Waals surface area contributed by atoms with Crippen LogP contribution in [0.25, 0.3) is 10.9 Å². The number of carbonyl (C=O) groups excluding carboxylic acids is 1. The molecule has 180 valence electrons. The van der Waals surface area contributed by atoms with Gasteiger partial charge in [-0.25, -0.2) is 4.98 Å². The lowest BCUT2D eigenvalue weighted by atomic mass is 10.1. The summed E-state index contributed by atoms with van der Waals surface area (Å²) < 4.78 is 17.6. The van der Waals surface area contributed by atoms with Crippen molar-refractivity contribution in [3.05, 3.63) is 64.2 Å². The lowest BCUT2D eigenvalue weighted by molar-refractivity contribution is -0.121. The van der Waals surface area contributed by atoms with Crippen molar-refractivity contribution in [1.29, 1.82) is 0 Å². The van der Waals surface area contributed by atoms with Crippen molar-refractivity contribution in [3.8, 4) is 11.5 Å². The van der Waals surface area contributed by atoms with Crippen LogP contribution in [0.4, 0.5) is 0 Å². The molecule has 9 nitrogen and oxygen atoms in total. The van der Waals surface area contributed by atoms with Gasteiger partial charge in [-0.1, -0.05) is 30.3 Å². The second-order valence-corrected chi connectivity index (χ2v) is 8.12. The highest BCUT2D eigenvalue weighted by Crippen LogP contribution is 2.30. The molecule has 1 fully saturated rings. The van der Waals surface area contributed by atoms with Gasteiger partial charge in [0.15, 0.2) is 11.5 Å². The number of morpholine rings is 1. The molecule has 1 aromatic heterocycles. The van der Waals surface area contributed by atoms with Crippen molar-refractivity contribution in [2.45, 2.75) is 19.5 Å². The number of hydrogen-bond donors (Lipinski definition) is 1. The topological polar surface area (TPSA) is 94.9 Å². The lowest BCUT2D eigenvalue weighted by Crippen LogP contribution is -2.40. The van der Waals surface area contributed by atoms with Gasteiger partial charge < -0.3 is 19.5 Å². The van der Waals surface area contributed by atoms with Crippen LogP contribution in [0.15, 0.2) is 47.3 Å². The van der Waals surface area contributed by atoms with Crippen LogP contribution < -0.4 is 20.3 Å². The second kappa shape index (κ2) is 11.1. The van der Waals surface area contributed by atoms with E-state index < -0.39 is 0 Å². The fraction of sp³-hybridized carbons (Fsp3) is 0.400. The van der Waals surface area contributed by atoms with Crippen LogP contribution in [-0.2, 0) is 29.0 Å². The Morgan fingerprint density at radius 1 is 1.09 bits per heavy atom. The maximum absolute atomic E-state index is 13.5. The SMILES string of the molecule is COc1cc2nc(CN3CCOCC3)n(CC(=O)NCCc3ccccc3)c(=O)c2cc1OC. The molecule has 1 amide bonds. The Balaban J connectivity index is 1.61. The van der Waals surface area contributed by atoms with Gasteiger partial charge in [0.25, 0.3) is 5.56 Å². The maximum atomic E-state index is 13.5. The Bertz CT molecular complexity index is 1190. The first kappa shape index (κ1) is 23.7. The van der Waals surface area contributed by atoms with Crippen molar-refractivity contribution in [2.75, 3.05) is 47.1 Å². The minimum Gasteiger partial charge on any atom is -0.493 e. The largest absolute Gasteiger partial charge is 0.493 e. The monoisotopic (exact) mass is 466 g/mol. The van der Waals surface area contributed by atoms with Crippen LogP contribution in [0.1, 0.15) is 11.4 Å². The maximum Gasteiger partial charge on any atom is 0.262 e. The van der Waals surface area contributed by atoms with Crippen molar-refractivity contribution >= 4 is 16.8 Å². The summed E-state index contributed by atoms with van der Waals surface area (Å²) in [4.78, 5) is 33.2. The smallest absolute Gasteiger partial charge is 0.262 e. The summed E-state index contributed by atoms with van der Waals surface area (Å²) in [5.74, 6) is 1.23. The number of carbonyl (C=O) groups is 1. The third kappa shape index (κ3) is 5.55. The van der Waals surface area contributed by atoms with Gasteiger partial charge in [-0.2, -0.15) is 0 Å². The number of ether oxygens (including phenoxy) is 3. The van der Waals surface area contributed by atoms with Gasteiger partial charge in [0.2, 0.25) is 5.91 Å². The van der Waals surface area contributed by atoms with Crippen LogP contribution in [0.5, 0.6) is 11.5 Å². The van der Waals surface area contributed by atoms with Crippen LogP contribution in [0, 0.1) is 0 Å². The number of aromatic nitrogens is 2. The molecule has 0 atom stereocenters. The zero-order chi connectivity index (χ0) is 23.9. The van der Waals surface area contributed by atoms with Crippen molar-refractivity contribution < 1.29 is 19.0 Å². The molecule has 0 unspecified atom stereocenters. The highest BCUT2D eigenvalue weighted by Gasteiger charge is 2.20. The highest BCUT2D eigenvalue weighted by molar-refractivity contribution is 5.82. The Morgan fingerprint density at radius 3 is 2.50 bits per heavy atom. The number of hydrogen-bond acceptors (Lipinski definition) is 7. The Hall–Kier alpha value is -3.43. The van der Waals surface area contributed by atoms with Crippen molar-refractivity contribution in [3.63, 3.8) is 0 Å². The number of rotatable bonds is 9. The van der Waals surface area contributed by atoms with Gasteiger partial charge in [0, 0.05) is 25.7 Å². The molecule has 2 heterocycles. The molecule has 0 aliphatic carbocycles. The quantitative estimate of drug-likeness (QED) is 0.512. The van der Waals surface area contributed by atoms with E-state index in [1.54, 1.807) is 19.2 Å². The molecule has 0 radical (unpaired) electrons. The highest BCUT2D eigenvalue weighted by atomic mass is 16.5. The molecule has 2 aromatic carbocycles. The molecule has 34 heavy (non-hydrogen) atoms. The zero-order valence-corrected chi connectivity index (χ0v) is 19.6. The zero-order valence-electron chi connectivity index (χ0n) is 19.6. The summed E-state index contributed by atoms with van der Waals surface area (Å²) >= 11 is 0. The molecule has 3 aromatic rings. The molecule has 0 spiro atoms. The van der Waals surface area contributed by atoms with Gasteiger partial charge in [0.05, 0.1) is 44.9 Å². The van der Waals surface area contributed by atoms with E-state index in [0.717, 1.165) is 25.1 Å². The van der Waals surface area contributed by atoms with E-state index in [1.165, 1.54) is 11.7 Å². The Kier molecular flexibility index (Phi) is 7.76. The number of methoxy groups -OCH3 is 2. The summed E-state index contributed by atoms with van der Waals surface area (Å²) in [7, 11) is 3.06. The van der Waals surface area contributed by atoms with Gasteiger partial charge in [-0.3, -0.25) is 19.1 Å². The number of benzene rings is 2. The summed E-state index contributed by atoms with van der Waals surface area (Å²) in [6, 6.07) is 13.3. The lowest BCUT2D eigenvalue weighted by Gasteiger charge is -2.27. The number of fused-ring (bicyclic) bond motifs is 1. The first-order valence-corrected chi connectivity index (χ1v) is 11.3. The molecular weight excluding hydrogens is 436 g/mol. The summed E-state index contributed by atoms with van der Waals surface area (Å²) in [5.41, 5.74) is 1.36. The first-order valence-electron chi connectivity index (χ1n) is 11.3. The molecule has 0 saturated carbocycles. The average molecular weight is 467 g/mol. The summed E-state index contributed by atoms with van der Waals surface area (Å²) in [6.07, 6.45) is 0.717. The molecular formula is C25H30N4O5. The second-order valence-electron chi connectivity index (χ2n) is 8.12. The fourth-order valence-electron chi connectivity index (χ4n) is 4.03. The van der Waals surface area contributed by atoms with E-state index in [9.17, 15) is 9.59 Å². The predicted octanol–water partition coefficient (Wildman–Crippen LogP) is 1.60. The third-order valence-corrected chi connectivity index (χ3v) is 5.89. The molecule has 1 saturated heterocycles. The van der Waals surface area contributed by atoms with Crippen molar-refractivity contribution in [2.24, 2.45) is 0 Å². The van der Waals surface area contributed by atoms with E-state index in [4.69, 9.17) is 19.2 Å². The average Bonchev–Trinajstić information content (AvgIpc) is 2.87. The Labute approximate surface area is 198 Å². The number of amides is 1. The minimum atomic E-state index is -0.285. The third-order valence-electron chi connectivity index (χ3n) is 5.89. The Morgan fingerprint density at radius 2 is 1.79 bits per heavy atom. The molecule has 9 heteroatoms. The van der Waals surface area contributed by atoms with Crippen LogP contribution in [-0.4, -0.2) is 67.4 Å². The standard InChI is InChI=1S/C25H30N4O5/c1-32-21-14-19-20(15-22(21)33-2)27-23(16-28-10-12-34-13-11-28)29(25(19)31)17-24(30)26-9-8-18-6-4-3-5-7-18/h3-7,14-15H,8-13,16-17H2,1-2H3,(H,26,30). The number of nitrogens with one attached hydrogen (secondary N) is 1. The molecule has 0 bridgehead atoms.